The molecule has 2 aromatic carbocycles. The topological polar surface area (TPSA) is 29.5 Å². The van der Waals surface area contributed by atoms with Crippen LogP contribution in [-0.4, -0.2) is 24.0 Å². The average molecular weight is 353 g/mol. The van der Waals surface area contributed by atoms with Crippen LogP contribution in [0.4, 0.5) is 4.39 Å². The summed E-state index contributed by atoms with van der Waals surface area (Å²) >= 11 is 0. The van der Waals surface area contributed by atoms with E-state index in [0.717, 1.165) is 24.1 Å². The van der Waals surface area contributed by atoms with E-state index in [0.29, 0.717) is 18.9 Å². The van der Waals surface area contributed by atoms with Crippen LogP contribution in [0.3, 0.4) is 0 Å². The van der Waals surface area contributed by atoms with Crippen molar-refractivity contribution in [3.8, 4) is 0 Å². The van der Waals surface area contributed by atoms with Gasteiger partial charge in [-0.15, -0.1) is 0 Å². The zero-order valence-corrected chi connectivity index (χ0v) is 14.8. The molecule has 0 aromatic heterocycles. The van der Waals surface area contributed by atoms with Crippen LogP contribution in [0.5, 0.6) is 0 Å². The summed E-state index contributed by atoms with van der Waals surface area (Å²) in [6.07, 6.45) is 3.58. The molecule has 0 radical (unpaired) electrons. The molecule has 4 rings (SSSR count). The Morgan fingerprint density at radius 3 is 2.38 bits per heavy atom. The Morgan fingerprint density at radius 1 is 1.04 bits per heavy atom. The van der Waals surface area contributed by atoms with Gasteiger partial charge >= 0.3 is 0 Å². The molecule has 0 spiro atoms. The van der Waals surface area contributed by atoms with Crippen LogP contribution in [0.2, 0.25) is 0 Å². The van der Waals surface area contributed by atoms with E-state index in [-0.39, 0.29) is 23.9 Å². The Morgan fingerprint density at radius 2 is 1.77 bits per heavy atom. The molecule has 1 aliphatic carbocycles. The maximum atomic E-state index is 13.5. The van der Waals surface area contributed by atoms with Gasteiger partial charge in [0.2, 0.25) is 5.91 Å². The Kier molecular flexibility index (Phi) is 5.02. The largest absolute Gasteiger partial charge is 0.371 e. The Bertz CT molecular complexity index is 742. The van der Waals surface area contributed by atoms with Gasteiger partial charge in [-0.2, -0.15) is 0 Å². The molecule has 3 nitrogen and oxygen atoms in total. The van der Waals surface area contributed by atoms with Gasteiger partial charge in [0.05, 0.1) is 12.6 Å². The van der Waals surface area contributed by atoms with Crippen molar-refractivity contribution in [1.29, 1.82) is 0 Å². The summed E-state index contributed by atoms with van der Waals surface area (Å²) in [5.74, 6) is 0.521. The molecule has 0 N–H and O–H groups in total. The fourth-order valence-electron chi connectivity index (χ4n) is 3.68. The van der Waals surface area contributed by atoms with Gasteiger partial charge in [-0.1, -0.05) is 42.5 Å². The third-order valence-electron chi connectivity index (χ3n) is 5.28. The minimum absolute atomic E-state index is 0.168. The standard InChI is InChI=1S/C22H24FNO2/c23-19-12-10-18(11-13-19)22(26-15-16-8-9-16)21(17-5-2-1-3-6-17)24-14-4-7-20(24)25/h1-3,5-6,10-13,16,21-22H,4,7-9,14-15H2/t21?,22-/m0/s1. The Labute approximate surface area is 153 Å². The highest BCUT2D eigenvalue weighted by Crippen LogP contribution is 2.41. The summed E-state index contributed by atoms with van der Waals surface area (Å²) in [6, 6.07) is 16.4. The van der Waals surface area contributed by atoms with Crippen molar-refractivity contribution in [3.05, 3.63) is 71.5 Å². The van der Waals surface area contributed by atoms with E-state index in [1.54, 1.807) is 12.1 Å². The van der Waals surface area contributed by atoms with E-state index >= 15 is 0 Å². The van der Waals surface area contributed by atoms with Gasteiger partial charge in [0, 0.05) is 13.0 Å². The summed E-state index contributed by atoms with van der Waals surface area (Å²) in [5, 5.41) is 0. The van der Waals surface area contributed by atoms with Gasteiger partial charge in [0.15, 0.2) is 0 Å². The van der Waals surface area contributed by atoms with Crippen molar-refractivity contribution in [2.24, 2.45) is 5.92 Å². The molecule has 1 saturated carbocycles. The molecule has 2 aromatic rings. The number of hydrogen-bond donors (Lipinski definition) is 0. The molecule has 4 heteroatoms. The molecular weight excluding hydrogens is 329 g/mol. The number of nitrogens with zero attached hydrogens (tertiary/aromatic N) is 1. The smallest absolute Gasteiger partial charge is 0.223 e. The van der Waals surface area contributed by atoms with Crippen LogP contribution in [0, 0.1) is 11.7 Å². The van der Waals surface area contributed by atoms with Crippen molar-refractivity contribution in [2.45, 2.75) is 37.8 Å². The molecule has 0 bridgehead atoms. The zero-order chi connectivity index (χ0) is 17.9. The number of halogens is 1. The maximum absolute atomic E-state index is 13.5. The lowest BCUT2D eigenvalue weighted by Gasteiger charge is -2.35. The number of carbonyl (C=O) groups is 1. The highest BCUT2D eigenvalue weighted by Gasteiger charge is 2.37. The van der Waals surface area contributed by atoms with E-state index < -0.39 is 0 Å². The highest BCUT2D eigenvalue weighted by atomic mass is 19.1. The minimum Gasteiger partial charge on any atom is -0.371 e. The van der Waals surface area contributed by atoms with E-state index in [4.69, 9.17) is 4.74 Å². The molecule has 2 aliphatic rings. The van der Waals surface area contributed by atoms with Crippen LogP contribution in [-0.2, 0) is 9.53 Å². The third kappa shape index (κ3) is 3.80. The second kappa shape index (κ2) is 7.58. The molecular formula is C22H24FNO2. The van der Waals surface area contributed by atoms with Crippen LogP contribution < -0.4 is 0 Å². The molecule has 1 saturated heterocycles. The monoisotopic (exact) mass is 353 g/mol. The summed E-state index contributed by atoms with van der Waals surface area (Å²) in [6.45, 7) is 1.43. The molecule has 1 aliphatic heterocycles. The van der Waals surface area contributed by atoms with E-state index in [1.165, 1.54) is 25.0 Å². The summed E-state index contributed by atoms with van der Waals surface area (Å²) in [5.41, 5.74) is 1.98. The summed E-state index contributed by atoms with van der Waals surface area (Å²) < 4.78 is 19.8. The molecule has 136 valence electrons. The van der Waals surface area contributed by atoms with Crippen molar-refractivity contribution in [1.82, 2.24) is 4.90 Å². The van der Waals surface area contributed by atoms with Crippen molar-refractivity contribution >= 4 is 5.91 Å². The second-order valence-corrected chi connectivity index (χ2v) is 7.30. The predicted octanol–water partition coefficient (Wildman–Crippen LogP) is 4.66. The van der Waals surface area contributed by atoms with Crippen LogP contribution >= 0.6 is 0 Å². The fraction of sp³-hybridized carbons (Fsp3) is 0.409. The molecule has 1 amide bonds. The summed E-state index contributed by atoms with van der Waals surface area (Å²) in [4.78, 5) is 14.5. The maximum Gasteiger partial charge on any atom is 0.223 e. The SMILES string of the molecule is O=C1CCCN1C(c1ccccc1)[C@@H](OCC1CC1)c1ccc(F)cc1. The number of carbonyl (C=O) groups excluding carboxylic acids is 1. The van der Waals surface area contributed by atoms with E-state index in [1.807, 2.05) is 35.2 Å². The molecule has 2 atom stereocenters. The normalized spacial score (nSPS) is 19.6. The Hall–Kier alpha value is -2.20. The molecule has 1 unspecified atom stereocenters. The molecule has 26 heavy (non-hydrogen) atoms. The van der Waals surface area contributed by atoms with Gasteiger partial charge < -0.3 is 9.64 Å². The van der Waals surface area contributed by atoms with Gasteiger partial charge in [-0.05, 0) is 48.4 Å². The number of hydrogen-bond acceptors (Lipinski definition) is 2. The lowest BCUT2D eigenvalue weighted by Crippen LogP contribution is -2.35. The van der Waals surface area contributed by atoms with Crippen LogP contribution in [0.1, 0.15) is 49.0 Å². The van der Waals surface area contributed by atoms with Gasteiger partial charge in [0.25, 0.3) is 0 Å². The van der Waals surface area contributed by atoms with Gasteiger partial charge in [-0.25, -0.2) is 4.39 Å². The first-order valence-electron chi connectivity index (χ1n) is 9.44. The van der Waals surface area contributed by atoms with Crippen molar-refractivity contribution in [2.75, 3.05) is 13.2 Å². The van der Waals surface area contributed by atoms with E-state index in [9.17, 15) is 9.18 Å². The highest BCUT2D eigenvalue weighted by molar-refractivity contribution is 5.78. The lowest BCUT2D eigenvalue weighted by atomic mass is 9.94. The first-order chi connectivity index (χ1) is 12.7. The Balaban J connectivity index is 1.71. The fourth-order valence-corrected chi connectivity index (χ4v) is 3.68. The summed E-state index contributed by atoms with van der Waals surface area (Å²) in [7, 11) is 0. The minimum atomic E-state index is -0.291. The zero-order valence-electron chi connectivity index (χ0n) is 14.8. The van der Waals surface area contributed by atoms with Crippen LogP contribution in [0.15, 0.2) is 54.6 Å². The number of amides is 1. The first-order valence-corrected chi connectivity index (χ1v) is 9.44. The number of likely N-dealkylation sites (tertiary alicyclic amines) is 1. The number of rotatable bonds is 7. The van der Waals surface area contributed by atoms with E-state index in [2.05, 4.69) is 0 Å². The lowest BCUT2D eigenvalue weighted by molar-refractivity contribution is -0.133. The second-order valence-electron chi connectivity index (χ2n) is 7.30. The molecule has 1 heterocycles. The predicted molar refractivity (Wildman–Crippen MR) is 97.9 cm³/mol. The number of ether oxygens (including phenoxy) is 1. The average Bonchev–Trinajstić information content (AvgIpc) is 3.41. The molecule has 2 fully saturated rings. The first kappa shape index (κ1) is 17.2. The van der Waals surface area contributed by atoms with Gasteiger partial charge in [0.1, 0.15) is 11.9 Å². The van der Waals surface area contributed by atoms with Gasteiger partial charge in [-0.3, -0.25) is 4.79 Å². The van der Waals surface area contributed by atoms with Crippen molar-refractivity contribution in [3.63, 3.8) is 0 Å². The van der Waals surface area contributed by atoms with Crippen molar-refractivity contribution < 1.29 is 13.9 Å². The van der Waals surface area contributed by atoms with Crippen LogP contribution in [0.25, 0.3) is 0 Å². The third-order valence-corrected chi connectivity index (χ3v) is 5.28. The quantitative estimate of drug-likeness (QED) is 0.725. The number of benzene rings is 2.